The van der Waals surface area contributed by atoms with Crippen LogP contribution in [0.5, 0.6) is 17.2 Å². The molecule has 0 amide bonds. The second kappa shape index (κ2) is 13.8. The summed E-state index contributed by atoms with van der Waals surface area (Å²) in [6.07, 6.45) is 0. The lowest BCUT2D eigenvalue weighted by Crippen LogP contribution is -2.19. The van der Waals surface area contributed by atoms with Crippen LogP contribution in [0, 0.1) is 6.92 Å². The number of aryl methyl sites for hydroxylation is 1. The lowest BCUT2D eigenvalue weighted by Gasteiger charge is -2.09. The van der Waals surface area contributed by atoms with Gasteiger partial charge in [0.25, 0.3) is 0 Å². The number of esters is 1. The fourth-order valence-electron chi connectivity index (χ4n) is 3.98. The van der Waals surface area contributed by atoms with E-state index in [0.29, 0.717) is 28.7 Å². The molecule has 0 fully saturated rings. The highest BCUT2D eigenvalue weighted by molar-refractivity contribution is 6.43. The third-order valence-electron chi connectivity index (χ3n) is 6.17. The van der Waals surface area contributed by atoms with Crippen molar-refractivity contribution < 1.29 is 28.3 Å². The molecular weight excluding hydrogens is 532 g/mol. The van der Waals surface area contributed by atoms with Gasteiger partial charge in [-0.15, -0.1) is 0 Å². The van der Waals surface area contributed by atoms with Crippen LogP contribution < -0.4 is 9.47 Å². The molecule has 8 heteroatoms. The Morgan fingerprint density at radius 2 is 1.43 bits per heavy atom. The quantitative estimate of drug-likeness (QED) is 0.0883. The lowest BCUT2D eigenvalue weighted by molar-refractivity contribution is -0.135. The molecule has 0 aliphatic rings. The molecule has 0 unspecified atom stereocenters. The molecule has 42 heavy (non-hydrogen) atoms. The van der Waals surface area contributed by atoms with Gasteiger partial charge in [-0.1, -0.05) is 53.7 Å². The molecule has 4 aromatic carbocycles. The van der Waals surface area contributed by atoms with Gasteiger partial charge in [-0.25, -0.2) is 9.78 Å². The van der Waals surface area contributed by atoms with Crippen molar-refractivity contribution in [3.63, 3.8) is 0 Å². The molecule has 1 aromatic heterocycles. The largest absolute Gasteiger partial charge is 0.487 e. The number of carbonyl (C=O) groups is 1. The lowest BCUT2D eigenvalue weighted by atomic mass is 10.1. The van der Waals surface area contributed by atoms with Gasteiger partial charge in [0.15, 0.2) is 5.71 Å². The third kappa shape index (κ3) is 7.42. The molecule has 0 spiro atoms. The van der Waals surface area contributed by atoms with Gasteiger partial charge >= 0.3 is 5.97 Å². The van der Waals surface area contributed by atoms with E-state index in [1.54, 1.807) is 31.2 Å². The first-order chi connectivity index (χ1) is 20.6. The molecule has 0 saturated carbocycles. The van der Waals surface area contributed by atoms with Crippen molar-refractivity contribution in [3.05, 3.63) is 132 Å². The van der Waals surface area contributed by atoms with Crippen molar-refractivity contribution in [2.24, 2.45) is 5.16 Å². The summed E-state index contributed by atoms with van der Waals surface area (Å²) in [5.41, 5.74) is 3.13. The summed E-state index contributed by atoms with van der Waals surface area (Å²) >= 11 is 0. The molecule has 0 aliphatic carbocycles. The van der Waals surface area contributed by atoms with E-state index in [9.17, 15) is 4.79 Å². The number of hydrogen-bond acceptors (Lipinski definition) is 8. The van der Waals surface area contributed by atoms with Crippen LogP contribution in [0.3, 0.4) is 0 Å². The van der Waals surface area contributed by atoms with Gasteiger partial charge in [-0.2, -0.15) is 0 Å². The number of aromatic nitrogens is 1. The smallest absolute Gasteiger partial charge is 0.361 e. The van der Waals surface area contributed by atoms with E-state index < -0.39 is 5.97 Å². The molecule has 0 atom stereocenters. The van der Waals surface area contributed by atoms with Crippen LogP contribution in [0.1, 0.15) is 29.5 Å². The average molecular weight is 563 g/mol. The van der Waals surface area contributed by atoms with Crippen molar-refractivity contribution in [1.29, 1.82) is 0 Å². The molecule has 212 valence electrons. The zero-order valence-corrected chi connectivity index (χ0v) is 23.4. The number of hydrogen-bond donors (Lipinski definition) is 0. The first kappa shape index (κ1) is 28.2. The minimum absolute atomic E-state index is 0.0703. The normalized spacial score (nSPS) is 11.1. The van der Waals surface area contributed by atoms with Crippen molar-refractivity contribution in [1.82, 2.24) is 4.98 Å². The van der Waals surface area contributed by atoms with E-state index in [0.717, 1.165) is 22.6 Å². The van der Waals surface area contributed by atoms with E-state index >= 15 is 0 Å². The van der Waals surface area contributed by atoms with E-state index in [-0.39, 0.29) is 25.5 Å². The standard InChI is InChI=1S/C34H30N2O6/c1-3-38-34(37)32(26-16-20-30(21-17-26)42-29-12-8-5-9-13-29)36-40-22-25-14-18-28(19-15-25)39-23-31-24(2)41-33(35-31)27-10-6-4-7-11-27/h4-21H,3,22-23H2,1-2H3/b36-32-. The number of nitrogens with zero attached hydrogens (tertiary/aromatic N) is 2. The molecular formula is C34H30N2O6. The Hall–Kier alpha value is -5.37. The Morgan fingerprint density at radius 3 is 2.12 bits per heavy atom. The van der Waals surface area contributed by atoms with Gasteiger partial charge in [0.1, 0.15) is 41.9 Å². The fraction of sp³-hybridized carbons (Fsp3) is 0.147. The van der Waals surface area contributed by atoms with E-state index in [4.69, 9.17) is 23.5 Å². The molecule has 5 aromatic rings. The summed E-state index contributed by atoms with van der Waals surface area (Å²) in [5.74, 6) is 2.74. The number of para-hydroxylation sites is 1. The first-order valence-electron chi connectivity index (χ1n) is 13.5. The average Bonchev–Trinajstić information content (AvgIpc) is 3.40. The number of benzene rings is 4. The molecule has 0 N–H and O–H groups in total. The van der Waals surface area contributed by atoms with Crippen LogP contribution in [-0.2, 0) is 27.6 Å². The maximum Gasteiger partial charge on any atom is 0.361 e. The Balaban J connectivity index is 1.18. The molecule has 0 saturated heterocycles. The summed E-state index contributed by atoms with van der Waals surface area (Å²) < 4.78 is 22.8. The summed E-state index contributed by atoms with van der Waals surface area (Å²) in [6, 6.07) is 33.6. The molecule has 5 rings (SSSR count). The maximum atomic E-state index is 12.6. The van der Waals surface area contributed by atoms with Crippen LogP contribution in [0.15, 0.2) is 119 Å². The third-order valence-corrected chi connectivity index (χ3v) is 6.17. The predicted molar refractivity (Wildman–Crippen MR) is 158 cm³/mol. The van der Waals surface area contributed by atoms with Crippen LogP contribution >= 0.6 is 0 Å². The number of oxime groups is 1. The fourth-order valence-corrected chi connectivity index (χ4v) is 3.98. The summed E-state index contributed by atoms with van der Waals surface area (Å²) in [7, 11) is 0. The van der Waals surface area contributed by atoms with Gasteiger partial charge in [0.2, 0.25) is 5.89 Å². The van der Waals surface area contributed by atoms with Gasteiger partial charge in [0.05, 0.1) is 6.61 Å². The highest BCUT2D eigenvalue weighted by Crippen LogP contribution is 2.24. The molecule has 1 heterocycles. The molecule has 0 aliphatic heterocycles. The molecule has 0 radical (unpaired) electrons. The number of rotatable bonds is 12. The van der Waals surface area contributed by atoms with Crippen LogP contribution in [0.25, 0.3) is 11.5 Å². The predicted octanol–water partition coefficient (Wildman–Crippen LogP) is 7.51. The van der Waals surface area contributed by atoms with Gasteiger partial charge in [-0.05, 0) is 80.1 Å². The molecule has 0 bridgehead atoms. The van der Waals surface area contributed by atoms with Crippen LogP contribution in [-0.4, -0.2) is 23.3 Å². The highest BCUT2D eigenvalue weighted by Gasteiger charge is 2.17. The first-order valence-corrected chi connectivity index (χ1v) is 13.5. The minimum Gasteiger partial charge on any atom is -0.487 e. The van der Waals surface area contributed by atoms with E-state index in [2.05, 4.69) is 10.1 Å². The summed E-state index contributed by atoms with van der Waals surface area (Å²) in [6.45, 7) is 4.26. The van der Waals surface area contributed by atoms with Crippen molar-refractivity contribution in [2.75, 3.05) is 6.61 Å². The topological polar surface area (TPSA) is 92.4 Å². The maximum absolute atomic E-state index is 12.6. The number of oxazole rings is 1. The monoisotopic (exact) mass is 562 g/mol. The summed E-state index contributed by atoms with van der Waals surface area (Å²) in [5, 5.41) is 4.11. The van der Waals surface area contributed by atoms with Crippen LogP contribution in [0.4, 0.5) is 0 Å². The molecule has 8 nitrogen and oxygen atoms in total. The second-order valence-electron chi connectivity index (χ2n) is 9.19. The SMILES string of the molecule is CCOC(=O)/C(=N\OCc1ccc(OCc2nc(-c3ccccc3)oc2C)cc1)c1ccc(Oc2ccccc2)cc1. The Labute approximate surface area is 244 Å². The Morgan fingerprint density at radius 1 is 0.786 bits per heavy atom. The van der Waals surface area contributed by atoms with Crippen molar-refractivity contribution in [2.45, 2.75) is 27.1 Å². The summed E-state index contributed by atoms with van der Waals surface area (Å²) in [4.78, 5) is 22.7. The Kier molecular flexibility index (Phi) is 9.26. The highest BCUT2D eigenvalue weighted by atomic mass is 16.6. The van der Waals surface area contributed by atoms with E-state index in [1.165, 1.54) is 0 Å². The Bertz CT molecular complexity index is 1610. The van der Waals surface area contributed by atoms with Gasteiger partial charge in [0, 0.05) is 11.1 Å². The zero-order valence-electron chi connectivity index (χ0n) is 23.4. The van der Waals surface area contributed by atoms with Crippen molar-refractivity contribution >= 4 is 11.7 Å². The van der Waals surface area contributed by atoms with E-state index in [1.807, 2.05) is 91.9 Å². The minimum atomic E-state index is -0.573. The number of carbonyl (C=O) groups excluding carboxylic acids is 1. The van der Waals surface area contributed by atoms with Gasteiger partial charge in [-0.3, -0.25) is 0 Å². The van der Waals surface area contributed by atoms with Crippen LogP contribution in [0.2, 0.25) is 0 Å². The number of ether oxygens (including phenoxy) is 3. The second-order valence-corrected chi connectivity index (χ2v) is 9.19. The van der Waals surface area contributed by atoms with Gasteiger partial charge < -0.3 is 23.5 Å². The zero-order chi connectivity index (χ0) is 29.1. The van der Waals surface area contributed by atoms with Crippen molar-refractivity contribution in [3.8, 4) is 28.7 Å².